The maximum absolute atomic E-state index is 12.7. The Morgan fingerprint density at radius 2 is 1.35 bits per heavy atom. The molecule has 0 bridgehead atoms. The molecule has 0 aliphatic carbocycles. The Morgan fingerprint density at radius 3 is 1.78 bits per heavy atom. The lowest BCUT2D eigenvalue weighted by atomic mass is 9.93. The van der Waals surface area contributed by atoms with E-state index in [2.05, 4.69) is 32.4 Å². The number of anilines is 2. The van der Waals surface area contributed by atoms with Gasteiger partial charge in [0.2, 0.25) is 0 Å². The Balaban J connectivity index is 2.52. The quantitative estimate of drug-likeness (QED) is 0.801. The van der Waals surface area contributed by atoms with E-state index >= 15 is 0 Å². The van der Waals surface area contributed by atoms with Crippen LogP contribution in [-0.2, 0) is 10.0 Å². The average Bonchev–Trinajstić information content (AvgIpc) is 2.47. The van der Waals surface area contributed by atoms with Gasteiger partial charge in [0.05, 0.1) is 10.6 Å². The molecule has 0 heterocycles. The zero-order chi connectivity index (χ0) is 17.2. The summed E-state index contributed by atoms with van der Waals surface area (Å²) < 4.78 is 28.2. The first-order chi connectivity index (χ1) is 10.7. The summed E-state index contributed by atoms with van der Waals surface area (Å²) >= 11 is 0. The third kappa shape index (κ3) is 3.85. The molecule has 0 atom stereocenters. The molecule has 0 unspecified atom stereocenters. The maximum atomic E-state index is 12.7. The van der Waals surface area contributed by atoms with Crippen molar-refractivity contribution in [1.82, 2.24) is 0 Å². The van der Waals surface area contributed by atoms with Crippen molar-refractivity contribution < 1.29 is 8.42 Å². The first kappa shape index (κ1) is 17.3. The molecule has 0 saturated carbocycles. The van der Waals surface area contributed by atoms with Crippen molar-refractivity contribution in [3.8, 4) is 0 Å². The van der Waals surface area contributed by atoms with Crippen LogP contribution in [0.1, 0.15) is 50.7 Å². The topological polar surface area (TPSA) is 72.2 Å². The SMILES string of the molecule is CC(C)c1cccc(C(C)C)c1NS(=O)(=O)c1ccc(N)cc1. The van der Waals surface area contributed by atoms with Gasteiger partial charge in [0.15, 0.2) is 0 Å². The lowest BCUT2D eigenvalue weighted by molar-refractivity contribution is 0.601. The number of nitrogens with one attached hydrogen (secondary N) is 1. The normalized spacial score (nSPS) is 11.9. The molecule has 2 aromatic rings. The highest BCUT2D eigenvalue weighted by atomic mass is 32.2. The van der Waals surface area contributed by atoms with Gasteiger partial charge in [-0.15, -0.1) is 0 Å². The van der Waals surface area contributed by atoms with Crippen LogP contribution in [-0.4, -0.2) is 8.42 Å². The largest absolute Gasteiger partial charge is 0.399 e. The third-order valence-electron chi connectivity index (χ3n) is 3.80. The van der Waals surface area contributed by atoms with E-state index in [-0.39, 0.29) is 16.7 Å². The van der Waals surface area contributed by atoms with Crippen molar-refractivity contribution in [3.63, 3.8) is 0 Å². The Hall–Kier alpha value is -2.01. The molecule has 3 N–H and O–H groups in total. The van der Waals surface area contributed by atoms with Crippen LogP contribution in [0, 0.1) is 0 Å². The van der Waals surface area contributed by atoms with Gasteiger partial charge in [-0.05, 0) is 47.2 Å². The minimum absolute atomic E-state index is 0.208. The van der Waals surface area contributed by atoms with E-state index in [1.165, 1.54) is 12.1 Å². The number of hydrogen-bond donors (Lipinski definition) is 2. The van der Waals surface area contributed by atoms with Gasteiger partial charge in [0.25, 0.3) is 10.0 Å². The smallest absolute Gasteiger partial charge is 0.261 e. The molecule has 0 radical (unpaired) electrons. The second kappa shape index (κ2) is 6.62. The molecule has 0 amide bonds. The molecular weight excluding hydrogens is 308 g/mol. The summed E-state index contributed by atoms with van der Waals surface area (Å²) in [4.78, 5) is 0.208. The second-order valence-corrected chi connectivity index (χ2v) is 7.98. The minimum Gasteiger partial charge on any atom is -0.399 e. The van der Waals surface area contributed by atoms with Gasteiger partial charge in [-0.25, -0.2) is 8.42 Å². The maximum Gasteiger partial charge on any atom is 0.261 e. The number of nitrogens with two attached hydrogens (primary N) is 1. The van der Waals surface area contributed by atoms with Crippen molar-refractivity contribution in [2.24, 2.45) is 0 Å². The molecule has 0 aromatic heterocycles. The fraction of sp³-hybridized carbons (Fsp3) is 0.333. The highest BCUT2D eigenvalue weighted by Crippen LogP contribution is 2.33. The van der Waals surface area contributed by atoms with Crippen molar-refractivity contribution >= 4 is 21.4 Å². The van der Waals surface area contributed by atoms with E-state index in [1.807, 2.05) is 18.2 Å². The summed E-state index contributed by atoms with van der Waals surface area (Å²) in [6, 6.07) is 12.1. The highest BCUT2D eigenvalue weighted by molar-refractivity contribution is 7.92. The van der Waals surface area contributed by atoms with Crippen LogP contribution in [0.25, 0.3) is 0 Å². The fourth-order valence-electron chi connectivity index (χ4n) is 2.51. The molecular formula is C18H24N2O2S. The molecule has 2 rings (SSSR count). The first-order valence-electron chi connectivity index (χ1n) is 7.73. The first-order valence-corrected chi connectivity index (χ1v) is 9.22. The number of hydrogen-bond acceptors (Lipinski definition) is 3. The van der Waals surface area contributed by atoms with Gasteiger partial charge in [-0.2, -0.15) is 0 Å². The van der Waals surface area contributed by atoms with Gasteiger partial charge >= 0.3 is 0 Å². The van der Waals surface area contributed by atoms with Crippen molar-refractivity contribution in [3.05, 3.63) is 53.6 Å². The van der Waals surface area contributed by atoms with Crippen molar-refractivity contribution in [2.75, 3.05) is 10.5 Å². The number of rotatable bonds is 5. The molecule has 23 heavy (non-hydrogen) atoms. The lowest BCUT2D eigenvalue weighted by Gasteiger charge is -2.20. The second-order valence-electron chi connectivity index (χ2n) is 6.30. The van der Waals surface area contributed by atoms with Gasteiger partial charge < -0.3 is 5.73 Å². The van der Waals surface area contributed by atoms with Crippen LogP contribution in [0.4, 0.5) is 11.4 Å². The fourth-order valence-corrected chi connectivity index (χ4v) is 3.63. The molecule has 0 fully saturated rings. The molecule has 0 aliphatic heterocycles. The zero-order valence-corrected chi connectivity index (χ0v) is 14.8. The standard InChI is InChI=1S/C18H24N2O2S/c1-12(2)16-6-5-7-17(13(3)4)18(16)20-23(21,22)15-10-8-14(19)9-11-15/h5-13,20H,19H2,1-4H3. The monoisotopic (exact) mass is 332 g/mol. The minimum atomic E-state index is -3.65. The number of sulfonamides is 1. The molecule has 4 nitrogen and oxygen atoms in total. The van der Waals surface area contributed by atoms with Gasteiger partial charge in [-0.1, -0.05) is 45.9 Å². The van der Waals surface area contributed by atoms with Crippen LogP contribution in [0.2, 0.25) is 0 Å². The summed E-state index contributed by atoms with van der Waals surface area (Å²) in [6.07, 6.45) is 0. The molecule has 0 aliphatic rings. The van der Waals surface area contributed by atoms with E-state index in [4.69, 9.17) is 5.73 Å². The zero-order valence-electron chi connectivity index (χ0n) is 14.0. The van der Waals surface area contributed by atoms with Crippen molar-refractivity contribution in [2.45, 2.75) is 44.4 Å². The lowest BCUT2D eigenvalue weighted by Crippen LogP contribution is -2.16. The number of para-hydroxylation sites is 1. The predicted octanol–water partition coefficient (Wildman–Crippen LogP) is 4.32. The van der Waals surface area contributed by atoms with E-state index in [9.17, 15) is 8.42 Å². The van der Waals surface area contributed by atoms with Gasteiger partial charge in [0.1, 0.15) is 0 Å². The molecule has 0 saturated heterocycles. The predicted molar refractivity (Wildman–Crippen MR) is 96.3 cm³/mol. The van der Waals surface area contributed by atoms with Crippen LogP contribution in [0.3, 0.4) is 0 Å². The van der Waals surface area contributed by atoms with E-state index in [0.717, 1.165) is 11.1 Å². The van der Waals surface area contributed by atoms with Gasteiger partial charge in [0, 0.05) is 5.69 Å². The van der Waals surface area contributed by atoms with E-state index in [1.54, 1.807) is 12.1 Å². The Bertz CT molecular complexity index is 753. The molecule has 0 spiro atoms. The molecule has 2 aromatic carbocycles. The van der Waals surface area contributed by atoms with Crippen LogP contribution >= 0.6 is 0 Å². The van der Waals surface area contributed by atoms with E-state index in [0.29, 0.717) is 11.4 Å². The van der Waals surface area contributed by atoms with Crippen LogP contribution in [0.15, 0.2) is 47.4 Å². The Kier molecular flexibility index (Phi) is 5.00. The summed E-state index contributed by atoms with van der Waals surface area (Å²) in [5, 5.41) is 0. The Labute approximate surface area is 138 Å². The number of benzene rings is 2. The average molecular weight is 332 g/mol. The molecule has 5 heteroatoms. The third-order valence-corrected chi connectivity index (χ3v) is 5.17. The van der Waals surface area contributed by atoms with Crippen molar-refractivity contribution in [1.29, 1.82) is 0 Å². The summed E-state index contributed by atoms with van der Waals surface area (Å²) in [5.74, 6) is 0.440. The molecule has 124 valence electrons. The summed E-state index contributed by atoms with van der Waals surface area (Å²) in [5.41, 5.74) is 8.85. The van der Waals surface area contributed by atoms with Gasteiger partial charge in [-0.3, -0.25) is 4.72 Å². The highest BCUT2D eigenvalue weighted by Gasteiger charge is 2.20. The van der Waals surface area contributed by atoms with Crippen LogP contribution in [0.5, 0.6) is 0 Å². The van der Waals surface area contributed by atoms with Crippen LogP contribution < -0.4 is 10.5 Å². The summed E-state index contributed by atoms with van der Waals surface area (Å²) in [7, 11) is -3.65. The van der Waals surface area contributed by atoms with E-state index < -0.39 is 10.0 Å². The summed E-state index contributed by atoms with van der Waals surface area (Å²) in [6.45, 7) is 8.22. The number of nitrogen functional groups attached to an aromatic ring is 1. The Morgan fingerprint density at radius 1 is 0.870 bits per heavy atom.